The molecule has 0 unspecified atom stereocenters. The van der Waals surface area contributed by atoms with Crippen molar-refractivity contribution in [2.75, 3.05) is 12.8 Å². The lowest BCUT2D eigenvalue weighted by atomic mass is 9.93. The Hall–Kier alpha value is -1.88. The Balaban J connectivity index is 1.44. The number of nitrogens with zero attached hydrogens (tertiary/aromatic N) is 3. The first kappa shape index (κ1) is 15.1. The van der Waals surface area contributed by atoms with E-state index in [1.54, 1.807) is 0 Å². The maximum Gasteiger partial charge on any atom is 0.250 e. The number of hydrogen-bond donors (Lipinski definition) is 1. The Bertz CT molecular complexity index is 1050. The van der Waals surface area contributed by atoms with Gasteiger partial charge in [-0.15, -0.1) is 0 Å². The predicted molar refractivity (Wildman–Crippen MR) is 93.1 cm³/mol. The van der Waals surface area contributed by atoms with Crippen molar-refractivity contribution in [1.82, 2.24) is 14.1 Å². The van der Waals surface area contributed by atoms with Gasteiger partial charge in [0, 0.05) is 46.6 Å². The van der Waals surface area contributed by atoms with Gasteiger partial charge in [-0.25, -0.2) is 17.2 Å². The van der Waals surface area contributed by atoms with Gasteiger partial charge in [0.15, 0.2) is 0 Å². The molecule has 1 fully saturated rings. The number of aromatic nitrogens is 2. The highest BCUT2D eigenvalue weighted by atomic mass is 32.2. The van der Waals surface area contributed by atoms with Crippen LogP contribution in [0.25, 0.3) is 0 Å². The third-order valence-electron chi connectivity index (χ3n) is 5.01. The van der Waals surface area contributed by atoms with Crippen molar-refractivity contribution in [1.29, 1.82) is 0 Å². The van der Waals surface area contributed by atoms with Gasteiger partial charge in [-0.05, 0) is 24.6 Å². The number of nitrogens with two attached hydrogens (primary N) is 1. The molecule has 2 N–H and O–H groups in total. The number of rotatable bonds is 3. The van der Waals surface area contributed by atoms with Crippen LogP contribution in [0.2, 0.25) is 0 Å². The molecule has 0 radical (unpaired) electrons. The van der Waals surface area contributed by atoms with E-state index < -0.39 is 40.0 Å². The molecule has 2 aromatic rings. The van der Waals surface area contributed by atoms with E-state index in [4.69, 9.17) is 14.6 Å². The van der Waals surface area contributed by atoms with E-state index in [2.05, 4.69) is 5.10 Å². The first-order valence-corrected chi connectivity index (χ1v) is 9.80. The molecule has 0 aliphatic carbocycles. The second kappa shape index (κ2) is 6.62. The molecule has 3 heterocycles. The van der Waals surface area contributed by atoms with Crippen LogP contribution >= 0.6 is 0 Å². The zero-order valence-electron chi connectivity index (χ0n) is 17.2. The minimum Gasteiger partial charge on any atom is -0.370 e. The Morgan fingerprint density at radius 1 is 1.37 bits per heavy atom. The quantitative estimate of drug-likeness (QED) is 0.830. The van der Waals surface area contributed by atoms with E-state index in [1.807, 2.05) is 4.90 Å². The SMILES string of the molecule is [2H]C([2H])([2H])S(=O)(=O)n1cc2c(n1)CN([C@@H]1CO[C@@H](c3cc(F)ccc3F)[C@H](N)C1)C2. The van der Waals surface area contributed by atoms with E-state index in [0.717, 1.165) is 18.2 Å². The van der Waals surface area contributed by atoms with Crippen LogP contribution in [0, 0.1) is 11.6 Å². The van der Waals surface area contributed by atoms with Crippen molar-refractivity contribution in [3.05, 3.63) is 52.9 Å². The van der Waals surface area contributed by atoms with Crippen LogP contribution in [0.5, 0.6) is 0 Å². The zero-order chi connectivity index (χ0) is 21.8. The fraction of sp³-hybridized carbons (Fsp3) is 0.471. The summed E-state index contributed by atoms with van der Waals surface area (Å²) in [5.41, 5.74) is 7.35. The first-order chi connectivity index (χ1) is 14.0. The highest BCUT2D eigenvalue weighted by Crippen LogP contribution is 2.34. The number of fused-ring (bicyclic) bond motifs is 1. The summed E-state index contributed by atoms with van der Waals surface area (Å²) in [6.45, 7) is 0.885. The normalized spacial score (nSPS) is 28.4. The second-order valence-electron chi connectivity index (χ2n) is 6.86. The van der Waals surface area contributed by atoms with E-state index in [-0.39, 0.29) is 18.2 Å². The highest BCUT2D eigenvalue weighted by Gasteiger charge is 2.37. The summed E-state index contributed by atoms with van der Waals surface area (Å²) >= 11 is 0. The Kier molecular flexibility index (Phi) is 3.70. The van der Waals surface area contributed by atoms with Crippen molar-refractivity contribution >= 4 is 10.0 Å². The Morgan fingerprint density at radius 3 is 2.89 bits per heavy atom. The lowest BCUT2D eigenvalue weighted by Crippen LogP contribution is -2.47. The van der Waals surface area contributed by atoms with E-state index in [9.17, 15) is 17.2 Å². The predicted octanol–water partition coefficient (Wildman–Crippen LogP) is 1.14. The van der Waals surface area contributed by atoms with Crippen molar-refractivity contribution in [3.63, 3.8) is 0 Å². The Morgan fingerprint density at radius 2 is 2.19 bits per heavy atom. The maximum atomic E-state index is 14.1. The summed E-state index contributed by atoms with van der Waals surface area (Å²) < 4.78 is 79.4. The summed E-state index contributed by atoms with van der Waals surface area (Å²) in [5.74, 6) is -1.15. The van der Waals surface area contributed by atoms with Gasteiger partial charge >= 0.3 is 0 Å². The molecule has 0 bridgehead atoms. The molecule has 1 aromatic carbocycles. The molecular formula is C17H20F2N4O3S. The molecule has 2 aliphatic heterocycles. The molecule has 4 rings (SSSR count). The minimum absolute atomic E-state index is 0.0804. The molecule has 1 aromatic heterocycles. The number of hydrogen-bond acceptors (Lipinski definition) is 6. The van der Waals surface area contributed by atoms with Crippen molar-refractivity contribution in [2.24, 2.45) is 5.73 Å². The Labute approximate surface area is 160 Å². The molecular weight excluding hydrogens is 378 g/mol. The third kappa shape index (κ3) is 3.49. The summed E-state index contributed by atoms with van der Waals surface area (Å²) in [7, 11) is -4.57. The lowest BCUT2D eigenvalue weighted by molar-refractivity contribution is -0.0533. The standard InChI is InChI=1S/C17H20F2N4O3S/c1-27(24,25)23-7-10-6-22(8-16(10)21-23)12-5-15(20)17(26-9-12)13-4-11(18)2-3-14(13)19/h2-4,7,12,15,17H,5-6,8-9,20H2,1H3/t12-,15+,17-/m0/s1/i1D3. The molecule has 10 heteroatoms. The van der Waals surface area contributed by atoms with E-state index >= 15 is 0 Å². The van der Waals surface area contributed by atoms with Crippen LogP contribution in [0.15, 0.2) is 24.4 Å². The van der Waals surface area contributed by atoms with Gasteiger partial charge in [-0.3, -0.25) is 4.90 Å². The average Bonchev–Trinajstić information content (AvgIpc) is 3.22. The third-order valence-corrected chi connectivity index (χ3v) is 5.69. The maximum absolute atomic E-state index is 14.1. The summed E-state index contributed by atoms with van der Waals surface area (Å²) in [4.78, 5) is 1.99. The minimum atomic E-state index is -4.57. The molecule has 146 valence electrons. The molecule has 3 atom stereocenters. The van der Waals surface area contributed by atoms with Crippen LogP contribution < -0.4 is 5.73 Å². The largest absolute Gasteiger partial charge is 0.370 e. The van der Waals surface area contributed by atoms with Crippen LogP contribution in [0.3, 0.4) is 0 Å². The van der Waals surface area contributed by atoms with Crippen molar-refractivity contribution in [2.45, 2.75) is 37.7 Å². The summed E-state index contributed by atoms with van der Waals surface area (Å²) in [6.07, 6.45) is -2.29. The highest BCUT2D eigenvalue weighted by molar-refractivity contribution is 7.89. The molecule has 0 saturated carbocycles. The fourth-order valence-corrected chi connectivity index (χ4v) is 4.16. The monoisotopic (exact) mass is 401 g/mol. The summed E-state index contributed by atoms with van der Waals surface area (Å²) in [5, 5.41) is 3.94. The molecule has 7 nitrogen and oxygen atoms in total. The fourth-order valence-electron chi connectivity index (χ4n) is 3.69. The average molecular weight is 401 g/mol. The van der Waals surface area contributed by atoms with Crippen LogP contribution in [-0.2, 0) is 27.8 Å². The van der Waals surface area contributed by atoms with Crippen LogP contribution in [0.4, 0.5) is 8.78 Å². The van der Waals surface area contributed by atoms with Gasteiger partial charge in [0.05, 0.1) is 18.5 Å². The molecule has 27 heavy (non-hydrogen) atoms. The van der Waals surface area contributed by atoms with Gasteiger partial charge in [0.25, 0.3) is 10.0 Å². The van der Waals surface area contributed by atoms with Crippen LogP contribution in [-0.4, -0.2) is 47.4 Å². The van der Waals surface area contributed by atoms with Gasteiger partial charge in [-0.1, -0.05) is 0 Å². The molecule has 0 spiro atoms. The van der Waals surface area contributed by atoms with Gasteiger partial charge in [0.2, 0.25) is 0 Å². The molecule has 2 aliphatic rings. The zero-order valence-corrected chi connectivity index (χ0v) is 15.0. The summed E-state index contributed by atoms with van der Waals surface area (Å²) in [6, 6.07) is 2.46. The van der Waals surface area contributed by atoms with Crippen molar-refractivity contribution < 1.29 is 26.0 Å². The topological polar surface area (TPSA) is 90.5 Å². The van der Waals surface area contributed by atoms with Gasteiger partial charge in [-0.2, -0.15) is 9.19 Å². The van der Waals surface area contributed by atoms with Crippen LogP contribution in [0.1, 0.15) is 33.5 Å². The van der Waals surface area contributed by atoms with Gasteiger partial charge < -0.3 is 10.5 Å². The lowest BCUT2D eigenvalue weighted by Gasteiger charge is -2.38. The number of halogens is 2. The van der Waals surface area contributed by atoms with E-state index in [1.165, 1.54) is 6.20 Å². The smallest absolute Gasteiger partial charge is 0.250 e. The molecule has 0 amide bonds. The van der Waals surface area contributed by atoms with E-state index in [0.29, 0.717) is 34.9 Å². The second-order valence-corrected chi connectivity index (χ2v) is 8.18. The first-order valence-electron chi connectivity index (χ1n) is 9.86. The van der Waals surface area contributed by atoms with Crippen molar-refractivity contribution in [3.8, 4) is 0 Å². The van der Waals surface area contributed by atoms with Gasteiger partial charge in [0.1, 0.15) is 17.7 Å². The molecule has 1 saturated heterocycles. The number of ether oxygens (including phenoxy) is 1. The number of benzene rings is 1.